The molecule has 0 aromatic carbocycles. The van der Waals surface area contributed by atoms with E-state index >= 15 is 0 Å². The average molecular weight is 213 g/mol. The summed E-state index contributed by atoms with van der Waals surface area (Å²) in [6.07, 6.45) is 2.65. The third-order valence-electron chi connectivity index (χ3n) is 2.95. The molecule has 0 saturated heterocycles. The zero-order valence-electron chi connectivity index (χ0n) is 10.1. The van der Waals surface area contributed by atoms with Gasteiger partial charge in [0.25, 0.3) is 0 Å². The minimum Gasteiger partial charge on any atom is -0.383 e. The molecular weight excluding hydrogens is 190 g/mol. The molecule has 0 aromatic heterocycles. The van der Waals surface area contributed by atoms with Crippen LogP contribution >= 0.6 is 0 Å². The van der Waals surface area contributed by atoms with Gasteiger partial charge in [-0.1, -0.05) is 0 Å². The second kappa shape index (κ2) is 5.95. The fourth-order valence-electron chi connectivity index (χ4n) is 1.80. The Kier molecular flexibility index (Phi) is 4.88. The summed E-state index contributed by atoms with van der Waals surface area (Å²) in [4.78, 5) is 6.45. The monoisotopic (exact) mass is 213 g/mol. The normalized spacial score (nSPS) is 19.0. The first-order valence-electron chi connectivity index (χ1n) is 5.76. The summed E-state index contributed by atoms with van der Waals surface area (Å²) in [5.41, 5.74) is 5.96. The van der Waals surface area contributed by atoms with Crippen molar-refractivity contribution < 1.29 is 4.74 Å². The van der Waals surface area contributed by atoms with Crippen molar-refractivity contribution >= 4 is 5.96 Å². The summed E-state index contributed by atoms with van der Waals surface area (Å²) in [7, 11) is 1.72. The van der Waals surface area contributed by atoms with Crippen molar-refractivity contribution in [1.29, 1.82) is 0 Å². The van der Waals surface area contributed by atoms with E-state index in [-0.39, 0.29) is 0 Å². The van der Waals surface area contributed by atoms with Gasteiger partial charge in [-0.2, -0.15) is 0 Å². The van der Waals surface area contributed by atoms with E-state index in [0.29, 0.717) is 18.6 Å². The number of nitrogens with two attached hydrogens (primary N) is 1. The zero-order valence-corrected chi connectivity index (χ0v) is 10.1. The number of ether oxygens (including phenoxy) is 1. The quantitative estimate of drug-likeness (QED) is 0.530. The number of nitrogens with zero attached hydrogens (tertiary/aromatic N) is 2. The summed E-state index contributed by atoms with van der Waals surface area (Å²) in [5.74, 6) is 1.46. The highest BCUT2D eigenvalue weighted by Crippen LogP contribution is 2.34. The minimum absolute atomic E-state index is 0.496. The maximum Gasteiger partial charge on any atom is 0.191 e. The molecule has 1 fully saturated rings. The largest absolute Gasteiger partial charge is 0.383 e. The van der Waals surface area contributed by atoms with E-state index in [2.05, 4.69) is 16.8 Å². The van der Waals surface area contributed by atoms with E-state index in [0.717, 1.165) is 19.0 Å². The van der Waals surface area contributed by atoms with Crippen molar-refractivity contribution in [3.05, 3.63) is 0 Å². The zero-order chi connectivity index (χ0) is 11.3. The molecule has 4 nitrogen and oxygen atoms in total. The van der Waals surface area contributed by atoms with Crippen LogP contribution in [0.4, 0.5) is 0 Å². The van der Waals surface area contributed by atoms with E-state index in [1.807, 2.05) is 6.92 Å². The van der Waals surface area contributed by atoms with E-state index in [1.165, 1.54) is 12.8 Å². The molecule has 0 bridgehead atoms. The Morgan fingerprint density at radius 3 is 2.73 bits per heavy atom. The molecule has 1 atom stereocenters. The van der Waals surface area contributed by atoms with Crippen LogP contribution in [0.25, 0.3) is 0 Å². The Balaban J connectivity index is 2.54. The van der Waals surface area contributed by atoms with Crippen LogP contribution in [0.2, 0.25) is 0 Å². The van der Waals surface area contributed by atoms with Gasteiger partial charge in [0.15, 0.2) is 5.96 Å². The molecular formula is C11H23N3O. The Bertz CT molecular complexity index is 214. The fraction of sp³-hybridized carbons (Fsp3) is 0.909. The maximum atomic E-state index is 5.96. The highest BCUT2D eigenvalue weighted by Gasteiger charge is 2.32. The highest BCUT2D eigenvalue weighted by molar-refractivity contribution is 5.78. The summed E-state index contributed by atoms with van der Waals surface area (Å²) < 4.78 is 5.10. The number of hydrogen-bond donors (Lipinski definition) is 1. The minimum atomic E-state index is 0.496. The van der Waals surface area contributed by atoms with Gasteiger partial charge in [0.05, 0.1) is 6.61 Å². The lowest BCUT2D eigenvalue weighted by atomic mass is 10.2. The van der Waals surface area contributed by atoms with Gasteiger partial charge >= 0.3 is 0 Å². The molecule has 4 heteroatoms. The second-order valence-electron chi connectivity index (χ2n) is 4.10. The molecule has 0 spiro atoms. The molecule has 0 aromatic rings. The Hall–Kier alpha value is -0.770. The predicted molar refractivity (Wildman–Crippen MR) is 62.9 cm³/mol. The van der Waals surface area contributed by atoms with E-state index in [4.69, 9.17) is 10.5 Å². The molecule has 1 aliphatic rings. The van der Waals surface area contributed by atoms with Gasteiger partial charge in [0.2, 0.25) is 0 Å². The molecule has 1 saturated carbocycles. The van der Waals surface area contributed by atoms with Gasteiger partial charge < -0.3 is 15.4 Å². The Labute approximate surface area is 92.5 Å². The third-order valence-corrected chi connectivity index (χ3v) is 2.95. The van der Waals surface area contributed by atoms with Crippen molar-refractivity contribution in [1.82, 2.24) is 4.90 Å². The van der Waals surface area contributed by atoms with Crippen LogP contribution in [0, 0.1) is 5.92 Å². The van der Waals surface area contributed by atoms with E-state index in [1.54, 1.807) is 7.11 Å². The first kappa shape index (κ1) is 12.3. The van der Waals surface area contributed by atoms with Gasteiger partial charge in [-0.3, -0.25) is 4.99 Å². The summed E-state index contributed by atoms with van der Waals surface area (Å²) in [5, 5.41) is 0. The fourth-order valence-corrected chi connectivity index (χ4v) is 1.80. The lowest BCUT2D eigenvalue weighted by molar-refractivity contribution is 0.158. The van der Waals surface area contributed by atoms with Gasteiger partial charge in [-0.25, -0.2) is 0 Å². The highest BCUT2D eigenvalue weighted by atomic mass is 16.5. The third kappa shape index (κ3) is 3.70. The first-order chi connectivity index (χ1) is 7.20. The molecule has 0 radical (unpaired) electrons. The van der Waals surface area contributed by atoms with Crippen molar-refractivity contribution in [2.75, 3.05) is 26.8 Å². The first-order valence-corrected chi connectivity index (χ1v) is 5.76. The molecule has 1 rings (SSSR count). The second-order valence-corrected chi connectivity index (χ2v) is 4.10. The van der Waals surface area contributed by atoms with Crippen LogP contribution < -0.4 is 5.73 Å². The van der Waals surface area contributed by atoms with Crippen molar-refractivity contribution in [3.8, 4) is 0 Å². The summed E-state index contributed by atoms with van der Waals surface area (Å²) in [6.45, 7) is 6.52. The number of aliphatic imine (C=N–C) groups is 1. The van der Waals surface area contributed by atoms with Crippen LogP contribution in [0.5, 0.6) is 0 Å². The van der Waals surface area contributed by atoms with Crippen LogP contribution in [0.15, 0.2) is 4.99 Å². The number of methoxy groups -OCH3 is 1. The van der Waals surface area contributed by atoms with Crippen molar-refractivity contribution in [2.45, 2.75) is 32.7 Å². The van der Waals surface area contributed by atoms with Crippen LogP contribution in [0.3, 0.4) is 0 Å². The van der Waals surface area contributed by atoms with Gasteiger partial charge in [0.1, 0.15) is 0 Å². The predicted octanol–water partition coefficient (Wildman–Crippen LogP) is 1.07. The van der Waals surface area contributed by atoms with Gasteiger partial charge in [-0.05, 0) is 32.6 Å². The molecule has 1 aliphatic carbocycles. The summed E-state index contributed by atoms with van der Waals surface area (Å²) in [6, 6.07) is 0.496. The number of hydrogen-bond acceptors (Lipinski definition) is 2. The molecule has 0 aliphatic heterocycles. The SMILES string of the molecule is CCN=C(N)N(CCOC)C(C)C1CC1. The standard InChI is InChI=1S/C11H23N3O/c1-4-13-11(12)14(7-8-15-3)9(2)10-5-6-10/h9-10H,4-8H2,1-3H3,(H2,12,13). The topological polar surface area (TPSA) is 50.8 Å². The van der Waals surface area contributed by atoms with Gasteiger partial charge in [-0.15, -0.1) is 0 Å². The lowest BCUT2D eigenvalue weighted by Crippen LogP contribution is -2.46. The van der Waals surface area contributed by atoms with Crippen LogP contribution in [-0.2, 0) is 4.74 Å². The molecule has 0 heterocycles. The van der Waals surface area contributed by atoms with Gasteiger partial charge in [0, 0.05) is 26.2 Å². The molecule has 88 valence electrons. The number of rotatable bonds is 6. The van der Waals surface area contributed by atoms with Crippen LogP contribution in [0.1, 0.15) is 26.7 Å². The van der Waals surface area contributed by atoms with Crippen LogP contribution in [-0.4, -0.2) is 43.7 Å². The molecule has 0 amide bonds. The Morgan fingerprint density at radius 2 is 2.27 bits per heavy atom. The molecule has 1 unspecified atom stereocenters. The van der Waals surface area contributed by atoms with Crippen molar-refractivity contribution in [3.63, 3.8) is 0 Å². The lowest BCUT2D eigenvalue weighted by Gasteiger charge is -2.30. The smallest absolute Gasteiger partial charge is 0.191 e. The van der Waals surface area contributed by atoms with E-state index in [9.17, 15) is 0 Å². The average Bonchev–Trinajstić information content (AvgIpc) is 3.01. The Morgan fingerprint density at radius 1 is 1.60 bits per heavy atom. The summed E-state index contributed by atoms with van der Waals surface area (Å²) >= 11 is 0. The number of guanidine groups is 1. The van der Waals surface area contributed by atoms with Crippen molar-refractivity contribution in [2.24, 2.45) is 16.6 Å². The molecule has 2 N–H and O–H groups in total. The maximum absolute atomic E-state index is 5.96. The van der Waals surface area contributed by atoms with E-state index < -0.39 is 0 Å². The molecule has 15 heavy (non-hydrogen) atoms.